The number of methoxy groups -OCH3 is 1. The second-order valence-electron chi connectivity index (χ2n) is 6.61. The Morgan fingerprint density at radius 2 is 1.28 bits per heavy atom. The van der Waals surface area contributed by atoms with Crippen molar-refractivity contribution in [3.05, 3.63) is 102 Å². The summed E-state index contributed by atoms with van der Waals surface area (Å²) in [6, 6.07) is 27.2. The molecule has 0 aliphatic carbocycles. The van der Waals surface area contributed by atoms with E-state index in [0.717, 1.165) is 22.4 Å². The summed E-state index contributed by atoms with van der Waals surface area (Å²) < 4.78 is 5.11. The molecule has 0 saturated carbocycles. The Labute approximate surface area is 170 Å². The molecule has 29 heavy (non-hydrogen) atoms. The lowest BCUT2D eigenvalue weighted by Gasteiger charge is -2.18. The molecule has 0 atom stereocenters. The van der Waals surface area contributed by atoms with Gasteiger partial charge in [0.05, 0.1) is 7.11 Å². The topological polar surface area (TPSA) is 67.4 Å². The highest BCUT2D eigenvalue weighted by Crippen LogP contribution is 2.23. The van der Waals surface area contributed by atoms with Gasteiger partial charge >= 0.3 is 11.8 Å². The fourth-order valence-corrected chi connectivity index (χ4v) is 3.08. The van der Waals surface area contributed by atoms with Crippen molar-refractivity contribution in [1.29, 1.82) is 0 Å². The summed E-state index contributed by atoms with van der Waals surface area (Å²) in [5.74, 6) is -0.586. The lowest BCUT2D eigenvalue weighted by atomic mass is 9.91. The van der Waals surface area contributed by atoms with Crippen LogP contribution in [0.25, 0.3) is 0 Å². The van der Waals surface area contributed by atoms with Gasteiger partial charge in [0.1, 0.15) is 5.75 Å². The summed E-state index contributed by atoms with van der Waals surface area (Å²) in [5, 5.41) is 5.41. The smallest absolute Gasteiger partial charge is 0.309 e. The van der Waals surface area contributed by atoms with E-state index in [1.165, 1.54) is 0 Å². The maximum atomic E-state index is 12.3. The van der Waals surface area contributed by atoms with Crippen molar-refractivity contribution in [2.24, 2.45) is 0 Å². The lowest BCUT2D eigenvalue weighted by Crippen LogP contribution is -2.41. The molecule has 0 aromatic heterocycles. The number of amides is 2. The van der Waals surface area contributed by atoms with Crippen LogP contribution in [0.1, 0.15) is 22.6 Å². The SMILES string of the molecule is COc1ccc(CNC(=O)C(=O)NCC(c2ccccc2)c2ccccc2)cc1. The van der Waals surface area contributed by atoms with Crippen LogP contribution in [-0.2, 0) is 16.1 Å². The van der Waals surface area contributed by atoms with Crippen LogP contribution in [0.3, 0.4) is 0 Å². The van der Waals surface area contributed by atoms with Crippen LogP contribution >= 0.6 is 0 Å². The van der Waals surface area contributed by atoms with Gasteiger partial charge in [-0.25, -0.2) is 0 Å². The average Bonchev–Trinajstić information content (AvgIpc) is 2.79. The largest absolute Gasteiger partial charge is 0.497 e. The van der Waals surface area contributed by atoms with Crippen LogP contribution in [0.2, 0.25) is 0 Å². The van der Waals surface area contributed by atoms with E-state index < -0.39 is 11.8 Å². The zero-order valence-corrected chi connectivity index (χ0v) is 16.3. The Morgan fingerprint density at radius 3 is 1.79 bits per heavy atom. The standard InChI is InChI=1S/C24H24N2O3/c1-29-21-14-12-18(13-15-21)16-25-23(27)24(28)26-17-22(19-8-4-2-5-9-19)20-10-6-3-7-11-20/h2-15,22H,16-17H2,1H3,(H,25,27)(H,26,28). The fraction of sp³-hybridized carbons (Fsp3) is 0.167. The highest BCUT2D eigenvalue weighted by Gasteiger charge is 2.18. The predicted molar refractivity (Wildman–Crippen MR) is 113 cm³/mol. The molecule has 148 valence electrons. The van der Waals surface area contributed by atoms with Crippen LogP contribution in [0.15, 0.2) is 84.9 Å². The van der Waals surface area contributed by atoms with Crippen LogP contribution in [0.5, 0.6) is 5.75 Å². The van der Waals surface area contributed by atoms with Gasteiger partial charge < -0.3 is 15.4 Å². The molecule has 3 aromatic carbocycles. The summed E-state index contributed by atoms with van der Waals surface area (Å²) in [5.41, 5.74) is 3.05. The highest BCUT2D eigenvalue weighted by atomic mass is 16.5. The Kier molecular flexibility index (Phi) is 7.00. The molecule has 0 unspecified atom stereocenters. The van der Waals surface area contributed by atoms with Gasteiger partial charge in [0.25, 0.3) is 0 Å². The number of rotatable bonds is 7. The minimum Gasteiger partial charge on any atom is -0.497 e. The number of hydrogen-bond acceptors (Lipinski definition) is 3. The van der Waals surface area contributed by atoms with Crippen molar-refractivity contribution in [3.8, 4) is 5.75 Å². The van der Waals surface area contributed by atoms with Crippen molar-refractivity contribution in [2.45, 2.75) is 12.5 Å². The molecule has 0 saturated heterocycles. The molecule has 3 aromatic rings. The minimum absolute atomic E-state index is 0.0317. The van der Waals surface area contributed by atoms with Crippen LogP contribution in [-0.4, -0.2) is 25.5 Å². The molecule has 5 heteroatoms. The highest BCUT2D eigenvalue weighted by molar-refractivity contribution is 6.35. The second kappa shape index (κ2) is 10.1. The molecule has 2 N–H and O–H groups in total. The fourth-order valence-electron chi connectivity index (χ4n) is 3.08. The number of benzene rings is 3. The predicted octanol–water partition coefficient (Wildman–Crippen LogP) is 3.26. The van der Waals surface area contributed by atoms with Gasteiger partial charge in [-0.2, -0.15) is 0 Å². The summed E-state index contributed by atoms with van der Waals surface area (Å²) >= 11 is 0. The van der Waals surface area contributed by atoms with Crippen LogP contribution < -0.4 is 15.4 Å². The second-order valence-corrected chi connectivity index (χ2v) is 6.61. The number of ether oxygens (including phenoxy) is 1. The van der Waals surface area contributed by atoms with Gasteiger partial charge in [0, 0.05) is 19.0 Å². The van der Waals surface area contributed by atoms with Crippen molar-refractivity contribution >= 4 is 11.8 Å². The van der Waals surface area contributed by atoms with E-state index in [0.29, 0.717) is 6.54 Å². The van der Waals surface area contributed by atoms with E-state index in [-0.39, 0.29) is 12.5 Å². The van der Waals surface area contributed by atoms with Crippen LogP contribution in [0.4, 0.5) is 0 Å². The molecule has 2 amide bonds. The van der Waals surface area contributed by atoms with Crippen molar-refractivity contribution < 1.29 is 14.3 Å². The van der Waals surface area contributed by atoms with Gasteiger partial charge in [-0.3, -0.25) is 9.59 Å². The Hall–Kier alpha value is -3.60. The summed E-state index contributed by atoms with van der Waals surface area (Å²) in [6.45, 7) is 0.611. The van der Waals surface area contributed by atoms with Crippen molar-refractivity contribution in [3.63, 3.8) is 0 Å². The summed E-state index contributed by atoms with van der Waals surface area (Å²) in [6.07, 6.45) is 0. The number of nitrogens with one attached hydrogen (secondary N) is 2. The molecule has 0 spiro atoms. The minimum atomic E-state index is -0.652. The van der Waals surface area contributed by atoms with Gasteiger partial charge in [0.15, 0.2) is 0 Å². The van der Waals surface area contributed by atoms with E-state index in [2.05, 4.69) is 10.6 Å². The van der Waals surface area contributed by atoms with E-state index in [4.69, 9.17) is 4.74 Å². The van der Waals surface area contributed by atoms with E-state index >= 15 is 0 Å². The quantitative estimate of drug-likeness (QED) is 0.611. The summed E-state index contributed by atoms with van der Waals surface area (Å²) in [7, 11) is 1.60. The first-order chi connectivity index (χ1) is 14.2. The third-order valence-corrected chi connectivity index (χ3v) is 4.69. The summed E-state index contributed by atoms with van der Waals surface area (Å²) in [4.78, 5) is 24.5. The maximum Gasteiger partial charge on any atom is 0.309 e. The molecule has 0 aliphatic heterocycles. The van der Waals surface area contributed by atoms with Crippen molar-refractivity contribution in [2.75, 3.05) is 13.7 Å². The molecular weight excluding hydrogens is 364 g/mol. The van der Waals surface area contributed by atoms with Crippen LogP contribution in [0, 0.1) is 0 Å². The normalized spacial score (nSPS) is 10.4. The van der Waals surface area contributed by atoms with Gasteiger partial charge in [0.2, 0.25) is 0 Å². The molecule has 3 rings (SSSR count). The number of carbonyl (C=O) groups is 2. The monoisotopic (exact) mass is 388 g/mol. The van der Waals surface area contributed by atoms with Gasteiger partial charge in [-0.05, 0) is 28.8 Å². The Balaban J connectivity index is 1.58. The van der Waals surface area contributed by atoms with E-state index in [9.17, 15) is 9.59 Å². The third kappa shape index (κ3) is 5.69. The Morgan fingerprint density at radius 1 is 0.759 bits per heavy atom. The maximum absolute atomic E-state index is 12.3. The van der Waals surface area contributed by atoms with Gasteiger partial charge in [-0.1, -0.05) is 72.8 Å². The first kappa shape index (κ1) is 20.1. The first-order valence-corrected chi connectivity index (χ1v) is 9.46. The zero-order valence-electron chi connectivity index (χ0n) is 16.3. The Bertz CT molecular complexity index is 886. The number of carbonyl (C=O) groups excluding carboxylic acids is 2. The molecular formula is C24H24N2O3. The third-order valence-electron chi connectivity index (χ3n) is 4.69. The molecule has 0 aliphatic rings. The van der Waals surface area contributed by atoms with Crippen molar-refractivity contribution in [1.82, 2.24) is 10.6 Å². The lowest BCUT2D eigenvalue weighted by molar-refractivity contribution is -0.139. The number of hydrogen-bond donors (Lipinski definition) is 2. The zero-order chi connectivity index (χ0) is 20.5. The van der Waals surface area contributed by atoms with Gasteiger partial charge in [-0.15, -0.1) is 0 Å². The van der Waals surface area contributed by atoms with E-state index in [1.54, 1.807) is 7.11 Å². The molecule has 0 radical (unpaired) electrons. The molecule has 0 fully saturated rings. The molecule has 5 nitrogen and oxygen atoms in total. The molecule has 0 bridgehead atoms. The van der Waals surface area contributed by atoms with E-state index in [1.807, 2.05) is 84.9 Å². The first-order valence-electron chi connectivity index (χ1n) is 9.46. The molecule has 0 heterocycles. The average molecular weight is 388 g/mol.